The molecule has 2 aliphatic rings. The van der Waals surface area contributed by atoms with Gasteiger partial charge in [0, 0.05) is 38.6 Å². The van der Waals surface area contributed by atoms with E-state index in [4.69, 9.17) is 23.7 Å². The van der Waals surface area contributed by atoms with Gasteiger partial charge < -0.3 is 28.3 Å². The summed E-state index contributed by atoms with van der Waals surface area (Å²) in [5, 5.41) is 0.632. The molecule has 2 aromatic rings. The van der Waals surface area contributed by atoms with E-state index >= 15 is 0 Å². The summed E-state index contributed by atoms with van der Waals surface area (Å²) in [6.45, 7) is 5.11. The Kier molecular flexibility index (Phi) is 6.09. The standard InChI is InChI=1S/C22H24N4O8/c1-11(27)31-9-15-18(32-12(2)28)22(4,34-13(3)29)21(33-15)26-8-14-6-7-16(30-5)25-19-17(14)20(26)24-10-23-19/h6-8,10,15,18,21H,9H2,1-5H3/t15-,18-,21?,22-/m1/s1. The fourth-order valence-corrected chi connectivity index (χ4v) is 4.24. The fraction of sp³-hybridized carbons (Fsp3) is 0.455. The number of ether oxygens (including phenoxy) is 5. The second-order valence-corrected chi connectivity index (χ2v) is 8.01. The van der Waals surface area contributed by atoms with Crippen molar-refractivity contribution in [2.75, 3.05) is 13.7 Å². The first-order valence-electron chi connectivity index (χ1n) is 10.5. The smallest absolute Gasteiger partial charge is 0.303 e. The van der Waals surface area contributed by atoms with Gasteiger partial charge in [-0.05, 0) is 13.0 Å². The third-order valence-corrected chi connectivity index (χ3v) is 5.51. The van der Waals surface area contributed by atoms with Gasteiger partial charge in [0.15, 0.2) is 23.8 Å². The van der Waals surface area contributed by atoms with Gasteiger partial charge in [-0.2, -0.15) is 4.99 Å². The second-order valence-electron chi connectivity index (χ2n) is 8.01. The summed E-state index contributed by atoms with van der Waals surface area (Å²) in [5.74, 6) is -0.986. The molecule has 12 heteroatoms. The van der Waals surface area contributed by atoms with Crippen molar-refractivity contribution in [3.63, 3.8) is 0 Å². The molecule has 0 amide bonds. The van der Waals surface area contributed by atoms with Crippen LogP contribution in [0.1, 0.15) is 39.5 Å². The van der Waals surface area contributed by atoms with Crippen molar-refractivity contribution >= 4 is 46.7 Å². The molecule has 180 valence electrons. The van der Waals surface area contributed by atoms with Gasteiger partial charge in [-0.1, -0.05) is 0 Å². The van der Waals surface area contributed by atoms with Crippen LogP contribution in [0.15, 0.2) is 23.6 Å². The second kappa shape index (κ2) is 8.86. The molecule has 1 saturated heterocycles. The van der Waals surface area contributed by atoms with E-state index in [0.717, 1.165) is 5.56 Å². The predicted molar refractivity (Wildman–Crippen MR) is 117 cm³/mol. The van der Waals surface area contributed by atoms with Gasteiger partial charge in [0.1, 0.15) is 24.7 Å². The van der Waals surface area contributed by atoms with E-state index in [-0.39, 0.29) is 6.61 Å². The molecule has 4 rings (SSSR count). The van der Waals surface area contributed by atoms with Crippen LogP contribution in [-0.2, 0) is 38.1 Å². The highest BCUT2D eigenvalue weighted by Crippen LogP contribution is 2.45. The minimum atomic E-state index is -1.48. The summed E-state index contributed by atoms with van der Waals surface area (Å²) in [6, 6.07) is 0. The average Bonchev–Trinajstić information content (AvgIpc) is 3.16. The van der Waals surface area contributed by atoms with Crippen LogP contribution in [0, 0.1) is 0 Å². The van der Waals surface area contributed by atoms with Crippen molar-refractivity contribution in [2.24, 2.45) is 4.99 Å². The zero-order valence-corrected chi connectivity index (χ0v) is 19.3. The Morgan fingerprint density at radius 1 is 1.12 bits per heavy atom. The summed E-state index contributed by atoms with van der Waals surface area (Å²) in [5.41, 5.74) is -0.308. The maximum Gasteiger partial charge on any atom is 0.303 e. The molecular formula is C22H24N4O8. The Morgan fingerprint density at radius 3 is 2.53 bits per heavy atom. The van der Waals surface area contributed by atoms with E-state index in [1.807, 2.05) is 0 Å². The number of rotatable bonds is 5. The summed E-state index contributed by atoms with van der Waals surface area (Å²) < 4.78 is 29.5. The van der Waals surface area contributed by atoms with Crippen LogP contribution in [-0.4, -0.2) is 69.9 Å². The van der Waals surface area contributed by atoms with E-state index in [2.05, 4.69) is 15.0 Å². The number of esters is 3. The Bertz CT molecular complexity index is 1220. The third kappa shape index (κ3) is 4.12. The number of aliphatic imine (C=N–C) groups is 1. The summed E-state index contributed by atoms with van der Waals surface area (Å²) in [4.78, 5) is 48.5. The molecule has 2 aromatic heterocycles. The third-order valence-electron chi connectivity index (χ3n) is 5.51. The summed E-state index contributed by atoms with van der Waals surface area (Å²) in [6.07, 6.45) is 3.61. The number of carbonyl (C=O) groups excluding carboxylic acids is 3. The monoisotopic (exact) mass is 472 g/mol. The molecule has 1 unspecified atom stereocenters. The van der Waals surface area contributed by atoms with Crippen LogP contribution in [0.25, 0.3) is 17.1 Å². The molecule has 12 nitrogen and oxygen atoms in total. The predicted octanol–water partition coefficient (Wildman–Crippen LogP) is 1.85. The van der Waals surface area contributed by atoms with Crippen molar-refractivity contribution < 1.29 is 38.1 Å². The molecule has 2 aliphatic heterocycles. The van der Waals surface area contributed by atoms with E-state index in [1.54, 1.807) is 29.8 Å². The van der Waals surface area contributed by atoms with Crippen molar-refractivity contribution in [3.05, 3.63) is 24.2 Å². The lowest BCUT2D eigenvalue weighted by molar-refractivity contribution is -0.184. The number of hydrogen-bond acceptors (Lipinski definition) is 11. The number of methoxy groups -OCH3 is 1. The first kappa shape index (κ1) is 23.4. The Morgan fingerprint density at radius 2 is 1.88 bits per heavy atom. The van der Waals surface area contributed by atoms with Gasteiger partial charge in [-0.3, -0.25) is 14.4 Å². The van der Waals surface area contributed by atoms with Crippen molar-refractivity contribution in [2.45, 2.75) is 51.7 Å². The van der Waals surface area contributed by atoms with Crippen molar-refractivity contribution in [3.8, 4) is 0 Å². The lowest BCUT2D eigenvalue weighted by Crippen LogP contribution is -2.50. The fourth-order valence-electron chi connectivity index (χ4n) is 4.24. The van der Waals surface area contributed by atoms with Crippen LogP contribution in [0.5, 0.6) is 0 Å². The van der Waals surface area contributed by atoms with Crippen molar-refractivity contribution in [1.82, 2.24) is 14.5 Å². The molecule has 0 saturated carbocycles. The van der Waals surface area contributed by atoms with Gasteiger partial charge in [0.2, 0.25) is 5.90 Å². The normalized spacial score (nSPS) is 25.4. The van der Waals surface area contributed by atoms with E-state index in [0.29, 0.717) is 22.7 Å². The maximum atomic E-state index is 12.1. The van der Waals surface area contributed by atoms with Gasteiger partial charge in [0.05, 0.1) is 12.5 Å². The Hall–Kier alpha value is -3.80. The average molecular weight is 472 g/mol. The van der Waals surface area contributed by atoms with Crippen LogP contribution in [0.2, 0.25) is 0 Å². The van der Waals surface area contributed by atoms with Crippen LogP contribution in [0.4, 0.5) is 5.82 Å². The molecule has 34 heavy (non-hydrogen) atoms. The molecule has 4 atom stereocenters. The maximum absolute atomic E-state index is 12.1. The molecule has 0 aliphatic carbocycles. The molecule has 4 heterocycles. The van der Waals surface area contributed by atoms with E-state index in [9.17, 15) is 14.4 Å². The van der Waals surface area contributed by atoms with Gasteiger partial charge in [0.25, 0.3) is 0 Å². The number of carbonyl (C=O) groups is 3. The molecule has 0 aromatic carbocycles. The van der Waals surface area contributed by atoms with Gasteiger partial charge >= 0.3 is 17.9 Å². The Balaban J connectivity index is 1.86. The van der Waals surface area contributed by atoms with Crippen LogP contribution < -0.4 is 0 Å². The largest absolute Gasteiger partial charge is 0.481 e. The van der Waals surface area contributed by atoms with Gasteiger partial charge in [-0.15, -0.1) is 0 Å². The van der Waals surface area contributed by atoms with E-state index in [1.165, 1.54) is 34.2 Å². The zero-order valence-electron chi connectivity index (χ0n) is 19.3. The SMILES string of the molecule is COC1=Nc2ncnc3c2c(cn3C2O[C@H](COC(C)=O)[C@@H](OC(C)=O)[C@@]2(C)OC(C)=O)C=C1. The summed E-state index contributed by atoms with van der Waals surface area (Å²) in [7, 11) is 1.51. The van der Waals surface area contributed by atoms with E-state index < -0.39 is 41.9 Å². The quantitative estimate of drug-likeness (QED) is 0.467. The molecule has 0 bridgehead atoms. The number of nitrogens with zero attached hydrogens (tertiary/aromatic N) is 4. The molecule has 1 fully saturated rings. The first-order valence-corrected chi connectivity index (χ1v) is 10.5. The van der Waals surface area contributed by atoms with Crippen LogP contribution in [0.3, 0.4) is 0 Å². The summed E-state index contributed by atoms with van der Waals surface area (Å²) >= 11 is 0. The minimum Gasteiger partial charge on any atom is -0.481 e. The molecule has 0 spiro atoms. The highest BCUT2D eigenvalue weighted by molar-refractivity contribution is 6.04. The zero-order chi connectivity index (χ0) is 24.6. The van der Waals surface area contributed by atoms with Crippen LogP contribution >= 0.6 is 0 Å². The highest BCUT2D eigenvalue weighted by Gasteiger charge is 2.60. The lowest BCUT2D eigenvalue weighted by atomic mass is 9.95. The molecule has 0 radical (unpaired) electrons. The topological polar surface area (TPSA) is 140 Å². The number of hydrogen-bond donors (Lipinski definition) is 0. The lowest BCUT2D eigenvalue weighted by Gasteiger charge is -2.34. The first-order chi connectivity index (χ1) is 16.1. The Labute approximate surface area is 194 Å². The van der Waals surface area contributed by atoms with Gasteiger partial charge in [-0.25, -0.2) is 9.97 Å². The van der Waals surface area contributed by atoms with Crippen molar-refractivity contribution in [1.29, 1.82) is 0 Å². The minimum absolute atomic E-state index is 0.214. The molecule has 0 N–H and O–H groups in total. The molecular weight excluding hydrogens is 448 g/mol. The number of aromatic nitrogens is 3. The highest BCUT2D eigenvalue weighted by atomic mass is 16.7.